The summed E-state index contributed by atoms with van der Waals surface area (Å²) in [6.07, 6.45) is 0. The Morgan fingerprint density at radius 3 is 2.62 bits per heavy atom. The van der Waals surface area contributed by atoms with E-state index in [2.05, 4.69) is 36.8 Å². The second-order valence-corrected chi connectivity index (χ2v) is 5.45. The lowest BCUT2D eigenvalue weighted by Gasteiger charge is -2.05. The van der Waals surface area contributed by atoms with Crippen molar-refractivity contribution in [2.24, 2.45) is 0 Å². The van der Waals surface area contributed by atoms with Crippen molar-refractivity contribution in [1.82, 2.24) is 15.5 Å². The lowest BCUT2D eigenvalue weighted by Crippen LogP contribution is -2.28. The van der Waals surface area contributed by atoms with E-state index in [1.165, 1.54) is 0 Å². The van der Waals surface area contributed by atoms with Crippen molar-refractivity contribution < 1.29 is 18.4 Å². The number of hydrogen-bond donors (Lipinski definition) is 2. The average molecular weight is 393 g/mol. The molecule has 0 aliphatic carbocycles. The van der Waals surface area contributed by atoms with E-state index in [0.29, 0.717) is 17.0 Å². The molecule has 3 aromatic rings. The van der Waals surface area contributed by atoms with Gasteiger partial charge in [-0.05, 0) is 45.8 Å². The van der Waals surface area contributed by atoms with Gasteiger partial charge in [0.15, 0.2) is 10.4 Å². The number of ether oxygens (including phenoxy) is 1. The van der Waals surface area contributed by atoms with Gasteiger partial charge in [0, 0.05) is 6.54 Å². The minimum atomic E-state index is -0.457. The van der Waals surface area contributed by atoms with Gasteiger partial charge in [0.25, 0.3) is 5.89 Å². The van der Waals surface area contributed by atoms with E-state index < -0.39 is 6.03 Å². The molecule has 2 heterocycles. The number of amides is 2. The van der Waals surface area contributed by atoms with Crippen LogP contribution in [0.15, 0.2) is 49.9 Å². The Balaban J connectivity index is 1.54. The molecule has 2 amide bonds. The highest BCUT2D eigenvalue weighted by Crippen LogP contribution is 2.24. The highest BCUT2D eigenvalue weighted by Gasteiger charge is 2.13. The molecule has 0 radical (unpaired) electrons. The number of nitrogens with one attached hydrogen (secondary N) is 2. The number of furan rings is 1. The van der Waals surface area contributed by atoms with Gasteiger partial charge in [-0.1, -0.05) is 17.2 Å². The van der Waals surface area contributed by atoms with Gasteiger partial charge in [0.05, 0.1) is 7.11 Å². The molecule has 0 bridgehead atoms. The topological polar surface area (TPSA) is 102 Å². The number of hydrogen-bond acceptors (Lipinski definition) is 6. The number of rotatable bonds is 5. The van der Waals surface area contributed by atoms with E-state index in [0.717, 1.165) is 11.3 Å². The van der Waals surface area contributed by atoms with E-state index in [-0.39, 0.29) is 11.9 Å². The largest absolute Gasteiger partial charge is 0.497 e. The maximum Gasteiger partial charge on any atom is 0.324 e. The minimum Gasteiger partial charge on any atom is -0.497 e. The van der Waals surface area contributed by atoms with E-state index in [1.54, 1.807) is 19.2 Å². The molecule has 24 heavy (non-hydrogen) atoms. The van der Waals surface area contributed by atoms with Crippen LogP contribution in [0.4, 0.5) is 10.8 Å². The summed E-state index contributed by atoms with van der Waals surface area (Å²) in [5, 5.41) is 12.7. The van der Waals surface area contributed by atoms with Gasteiger partial charge in [-0.25, -0.2) is 4.79 Å². The molecule has 0 atom stereocenters. The number of methoxy groups -OCH3 is 1. The fourth-order valence-electron chi connectivity index (χ4n) is 1.87. The molecule has 124 valence electrons. The van der Waals surface area contributed by atoms with Crippen molar-refractivity contribution in [3.8, 4) is 17.4 Å². The third-order valence-electron chi connectivity index (χ3n) is 3.04. The van der Waals surface area contributed by atoms with Gasteiger partial charge in [-0.15, -0.1) is 5.10 Å². The number of anilines is 1. The summed E-state index contributed by atoms with van der Waals surface area (Å²) in [5.41, 5.74) is 0.928. The van der Waals surface area contributed by atoms with Crippen LogP contribution in [0.25, 0.3) is 11.7 Å². The zero-order valence-electron chi connectivity index (χ0n) is 12.6. The van der Waals surface area contributed by atoms with Crippen LogP contribution in [0, 0.1) is 0 Å². The number of carbonyl (C=O) groups is 1. The molecular weight excluding hydrogens is 380 g/mol. The standard InChI is InChI=1S/C15H13BrN4O4/c1-22-10-4-2-9(3-5-10)8-17-14(21)18-15-20-19-13(24-15)11-6-7-12(16)23-11/h2-7H,8H2,1H3,(H2,17,18,20,21). The minimum absolute atomic E-state index is 0.0234. The number of nitrogens with zero attached hydrogens (tertiary/aromatic N) is 2. The third-order valence-corrected chi connectivity index (χ3v) is 3.47. The van der Waals surface area contributed by atoms with E-state index in [1.807, 2.05) is 24.3 Å². The van der Waals surface area contributed by atoms with Gasteiger partial charge >= 0.3 is 12.0 Å². The Hall–Kier alpha value is -2.81. The lowest BCUT2D eigenvalue weighted by atomic mass is 10.2. The fraction of sp³-hybridized carbons (Fsp3) is 0.133. The highest BCUT2D eigenvalue weighted by molar-refractivity contribution is 9.10. The molecule has 0 aliphatic rings. The number of halogens is 1. The van der Waals surface area contributed by atoms with Crippen LogP contribution >= 0.6 is 15.9 Å². The number of aromatic nitrogens is 2. The first kappa shape index (κ1) is 16.1. The van der Waals surface area contributed by atoms with Crippen molar-refractivity contribution in [3.63, 3.8) is 0 Å². The smallest absolute Gasteiger partial charge is 0.324 e. The van der Waals surface area contributed by atoms with Crippen LogP contribution in [0.2, 0.25) is 0 Å². The molecule has 9 heteroatoms. The Kier molecular flexibility index (Phi) is 4.80. The van der Waals surface area contributed by atoms with Gasteiger partial charge in [-0.2, -0.15) is 0 Å². The van der Waals surface area contributed by atoms with Crippen molar-refractivity contribution in [1.29, 1.82) is 0 Å². The van der Waals surface area contributed by atoms with Crippen molar-refractivity contribution in [2.75, 3.05) is 12.4 Å². The van der Waals surface area contributed by atoms with E-state index >= 15 is 0 Å². The Morgan fingerprint density at radius 1 is 1.17 bits per heavy atom. The number of urea groups is 1. The SMILES string of the molecule is COc1ccc(CNC(=O)Nc2nnc(-c3ccc(Br)o3)o2)cc1. The Labute approximate surface area is 145 Å². The molecule has 3 rings (SSSR count). The van der Waals surface area contributed by atoms with E-state index in [4.69, 9.17) is 13.6 Å². The second-order valence-electron chi connectivity index (χ2n) is 4.67. The van der Waals surface area contributed by atoms with Gasteiger partial charge in [0.1, 0.15) is 5.75 Å². The predicted octanol–water partition coefficient (Wildman–Crippen LogP) is 3.42. The first-order chi connectivity index (χ1) is 11.6. The monoisotopic (exact) mass is 392 g/mol. The molecule has 0 aliphatic heterocycles. The molecule has 2 N–H and O–H groups in total. The molecule has 0 unspecified atom stereocenters. The molecule has 2 aromatic heterocycles. The second kappa shape index (κ2) is 7.18. The number of carbonyl (C=O) groups excluding carboxylic acids is 1. The van der Waals surface area contributed by atoms with Crippen LogP contribution in [0.1, 0.15) is 5.56 Å². The first-order valence-electron chi connectivity index (χ1n) is 6.91. The maximum absolute atomic E-state index is 11.9. The molecule has 0 fully saturated rings. The van der Waals surface area contributed by atoms with Crippen LogP contribution < -0.4 is 15.4 Å². The van der Waals surface area contributed by atoms with Crippen molar-refractivity contribution in [2.45, 2.75) is 6.54 Å². The molecule has 0 saturated carbocycles. The van der Waals surface area contributed by atoms with Crippen molar-refractivity contribution in [3.05, 3.63) is 46.6 Å². The summed E-state index contributed by atoms with van der Waals surface area (Å²) >= 11 is 3.18. The molecule has 0 saturated heterocycles. The van der Waals surface area contributed by atoms with Gasteiger partial charge < -0.3 is 18.9 Å². The number of benzene rings is 1. The summed E-state index contributed by atoms with van der Waals surface area (Å²) in [4.78, 5) is 11.9. The van der Waals surface area contributed by atoms with Crippen LogP contribution in [-0.2, 0) is 6.54 Å². The molecular formula is C15H13BrN4O4. The first-order valence-corrected chi connectivity index (χ1v) is 7.70. The summed E-state index contributed by atoms with van der Waals surface area (Å²) in [6, 6.07) is 10.3. The zero-order chi connectivity index (χ0) is 16.9. The zero-order valence-corrected chi connectivity index (χ0v) is 14.2. The molecule has 8 nitrogen and oxygen atoms in total. The summed E-state index contributed by atoms with van der Waals surface area (Å²) in [7, 11) is 1.60. The van der Waals surface area contributed by atoms with Crippen LogP contribution in [0.3, 0.4) is 0 Å². The van der Waals surface area contributed by atoms with E-state index in [9.17, 15) is 4.79 Å². The quantitative estimate of drug-likeness (QED) is 0.689. The maximum atomic E-state index is 11.9. The fourth-order valence-corrected chi connectivity index (χ4v) is 2.18. The Morgan fingerprint density at radius 2 is 1.96 bits per heavy atom. The summed E-state index contributed by atoms with van der Waals surface area (Å²) in [6.45, 7) is 0.349. The lowest BCUT2D eigenvalue weighted by molar-refractivity contribution is 0.251. The van der Waals surface area contributed by atoms with Crippen molar-refractivity contribution >= 4 is 28.0 Å². The van der Waals surface area contributed by atoms with Gasteiger partial charge in [-0.3, -0.25) is 5.32 Å². The Bertz CT molecular complexity index is 828. The predicted molar refractivity (Wildman–Crippen MR) is 88.6 cm³/mol. The summed E-state index contributed by atoms with van der Waals surface area (Å²) < 4.78 is 16.2. The van der Waals surface area contributed by atoms with Crippen LogP contribution in [-0.4, -0.2) is 23.3 Å². The van der Waals surface area contributed by atoms with Crippen LogP contribution in [0.5, 0.6) is 5.75 Å². The average Bonchev–Trinajstić information content (AvgIpc) is 3.22. The summed E-state index contributed by atoms with van der Waals surface area (Å²) in [5.74, 6) is 1.33. The highest BCUT2D eigenvalue weighted by atomic mass is 79.9. The normalized spacial score (nSPS) is 10.4. The third kappa shape index (κ3) is 3.93. The van der Waals surface area contributed by atoms with Gasteiger partial charge in [0.2, 0.25) is 0 Å². The molecule has 0 spiro atoms. The molecule has 1 aromatic carbocycles.